The van der Waals surface area contributed by atoms with Crippen LogP contribution < -0.4 is 0 Å². The Bertz CT molecular complexity index is 580. The second kappa shape index (κ2) is 5.84. The van der Waals surface area contributed by atoms with Gasteiger partial charge in [-0.25, -0.2) is 0 Å². The van der Waals surface area contributed by atoms with Gasteiger partial charge in [0.25, 0.3) is 0 Å². The van der Waals surface area contributed by atoms with Gasteiger partial charge in [0.1, 0.15) is 0 Å². The summed E-state index contributed by atoms with van der Waals surface area (Å²) >= 11 is 3.53. The van der Waals surface area contributed by atoms with E-state index in [9.17, 15) is 5.11 Å². The fraction of sp³-hybridized carbons (Fsp3) is 0.429. The van der Waals surface area contributed by atoms with Gasteiger partial charge >= 0.3 is 0 Å². The Morgan fingerprint density at radius 3 is 2.79 bits per heavy atom. The summed E-state index contributed by atoms with van der Waals surface area (Å²) in [6, 6.07) is 1.89. The molecule has 1 atom stereocenters. The Morgan fingerprint density at radius 2 is 2.21 bits per heavy atom. The summed E-state index contributed by atoms with van der Waals surface area (Å²) in [6.45, 7) is 4.02. The van der Waals surface area contributed by atoms with Crippen molar-refractivity contribution in [1.29, 1.82) is 0 Å². The minimum absolute atomic E-state index is 0.537. The maximum absolute atomic E-state index is 10.5. The van der Waals surface area contributed by atoms with E-state index < -0.39 is 6.10 Å². The number of pyridine rings is 1. The first-order valence-corrected chi connectivity index (χ1v) is 7.12. The smallest absolute Gasteiger partial charge is 0.0849 e. The Hall–Kier alpha value is -1.20. The average molecular weight is 324 g/mol. The highest BCUT2D eigenvalue weighted by molar-refractivity contribution is 9.10. The zero-order valence-electron chi connectivity index (χ0n) is 11.4. The molecular formula is C14H18BrN3O. The summed E-state index contributed by atoms with van der Waals surface area (Å²) in [5.74, 6) is 0. The summed E-state index contributed by atoms with van der Waals surface area (Å²) < 4.78 is 2.79. The summed E-state index contributed by atoms with van der Waals surface area (Å²) in [5, 5.41) is 14.8. The van der Waals surface area contributed by atoms with Gasteiger partial charge in [0.2, 0.25) is 0 Å². The van der Waals surface area contributed by atoms with Gasteiger partial charge in [0, 0.05) is 25.9 Å². The van der Waals surface area contributed by atoms with Crippen LogP contribution in [0.25, 0.3) is 0 Å². The van der Waals surface area contributed by atoms with Gasteiger partial charge in [-0.2, -0.15) is 5.10 Å². The van der Waals surface area contributed by atoms with Crippen LogP contribution in [-0.4, -0.2) is 19.9 Å². The van der Waals surface area contributed by atoms with Crippen molar-refractivity contribution in [3.63, 3.8) is 0 Å². The summed E-state index contributed by atoms with van der Waals surface area (Å²) in [7, 11) is 1.90. The number of nitrogens with zero attached hydrogens (tertiary/aromatic N) is 3. The minimum Gasteiger partial charge on any atom is -0.388 e. The number of halogens is 1. The lowest BCUT2D eigenvalue weighted by Gasteiger charge is -2.15. The molecule has 19 heavy (non-hydrogen) atoms. The first-order chi connectivity index (χ1) is 9.04. The molecule has 2 heterocycles. The molecule has 5 heteroatoms. The molecule has 0 aromatic carbocycles. The van der Waals surface area contributed by atoms with Crippen molar-refractivity contribution in [2.45, 2.75) is 32.8 Å². The Kier molecular flexibility index (Phi) is 4.37. The number of aliphatic hydroxyl groups excluding tert-OH is 1. The molecule has 0 aliphatic heterocycles. The molecular weight excluding hydrogens is 306 g/mol. The van der Waals surface area contributed by atoms with Gasteiger partial charge in [0.05, 0.1) is 22.0 Å². The van der Waals surface area contributed by atoms with E-state index in [1.54, 1.807) is 6.20 Å². The van der Waals surface area contributed by atoms with Gasteiger partial charge in [-0.1, -0.05) is 6.92 Å². The molecule has 2 aromatic heterocycles. The van der Waals surface area contributed by atoms with Gasteiger partial charge in [-0.3, -0.25) is 9.67 Å². The molecule has 0 aliphatic carbocycles. The summed E-state index contributed by atoms with van der Waals surface area (Å²) in [4.78, 5) is 4.11. The summed E-state index contributed by atoms with van der Waals surface area (Å²) in [6.07, 6.45) is 4.41. The number of hydrogen-bond acceptors (Lipinski definition) is 3. The molecule has 0 fully saturated rings. The molecule has 0 aliphatic rings. The average Bonchev–Trinajstić information content (AvgIpc) is 2.65. The van der Waals surface area contributed by atoms with E-state index in [0.717, 1.165) is 33.4 Å². The number of rotatable bonds is 4. The Morgan fingerprint density at radius 1 is 1.47 bits per heavy atom. The quantitative estimate of drug-likeness (QED) is 0.941. The van der Waals surface area contributed by atoms with Crippen LogP contribution in [0.2, 0.25) is 0 Å². The zero-order valence-corrected chi connectivity index (χ0v) is 13.0. The predicted molar refractivity (Wildman–Crippen MR) is 77.9 cm³/mol. The number of hydrogen-bond donors (Lipinski definition) is 1. The van der Waals surface area contributed by atoms with Crippen LogP contribution in [0.1, 0.15) is 35.5 Å². The molecule has 2 rings (SSSR count). The molecule has 2 aromatic rings. The largest absolute Gasteiger partial charge is 0.388 e. The standard InChI is InChI=1S/C14H18BrN3O/c1-4-10-8-16-6-5-11(10)13(19)7-12-14(15)9(2)17-18(12)3/h5-6,8,13,19H,4,7H2,1-3H3. The van der Waals surface area contributed by atoms with Crippen molar-refractivity contribution < 1.29 is 5.11 Å². The van der Waals surface area contributed by atoms with E-state index in [0.29, 0.717) is 6.42 Å². The minimum atomic E-state index is -0.538. The van der Waals surface area contributed by atoms with Crippen LogP contribution in [0.15, 0.2) is 22.9 Å². The lowest BCUT2D eigenvalue weighted by molar-refractivity contribution is 0.174. The Balaban J connectivity index is 2.28. The number of aryl methyl sites for hydroxylation is 3. The molecule has 0 saturated heterocycles. The first kappa shape index (κ1) is 14.2. The summed E-state index contributed by atoms with van der Waals surface area (Å²) in [5.41, 5.74) is 3.98. The van der Waals surface area contributed by atoms with Crippen molar-refractivity contribution in [2.75, 3.05) is 0 Å². The molecule has 1 unspecified atom stereocenters. The maximum atomic E-state index is 10.5. The molecule has 0 bridgehead atoms. The highest BCUT2D eigenvalue weighted by Gasteiger charge is 2.18. The maximum Gasteiger partial charge on any atom is 0.0849 e. The highest BCUT2D eigenvalue weighted by Crippen LogP contribution is 2.27. The van der Waals surface area contributed by atoms with Crippen molar-refractivity contribution in [3.8, 4) is 0 Å². The molecule has 102 valence electrons. The van der Waals surface area contributed by atoms with Crippen LogP contribution in [0.5, 0.6) is 0 Å². The van der Waals surface area contributed by atoms with Crippen LogP contribution in [0, 0.1) is 6.92 Å². The zero-order chi connectivity index (χ0) is 14.0. The van der Waals surface area contributed by atoms with E-state index in [1.165, 1.54) is 0 Å². The number of aromatic nitrogens is 3. The van der Waals surface area contributed by atoms with Crippen LogP contribution in [-0.2, 0) is 19.9 Å². The monoisotopic (exact) mass is 323 g/mol. The van der Waals surface area contributed by atoms with Crippen LogP contribution in [0.3, 0.4) is 0 Å². The molecule has 0 spiro atoms. The topological polar surface area (TPSA) is 50.9 Å². The number of aliphatic hydroxyl groups is 1. The molecule has 4 nitrogen and oxygen atoms in total. The van der Waals surface area contributed by atoms with Crippen molar-refractivity contribution >= 4 is 15.9 Å². The molecule has 0 radical (unpaired) electrons. The van der Waals surface area contributed by atoms with Crippen LogP contribution in [0.4, 0.5) is 0 Å². The van der Waals surface area contributed by atoms with Crippen molar-refractivity contribution in [3.05, 3.63) is 45.4 Å². The fourth-order valence-corrected chi connectivity index (χ4v) is 2.75. The third kappa shape index (κ3) is 2.87. The normalized spacial score (nSPS) is 12.7. The highest BCUT2D eigenvalue weighted by atomic mass is 79.9. The predicted octanol–water partition coefficient (Wildman–Crippen LogP) is 2.72. The van der Waals surface area contributed by atoms with Gasteiger partial charge in [-0.05, 0) is 46.5 Å². The van der Waals surface area contributed by atoms with E-state index in [2.05, 4.69) is 32.9 Å². The fourth-order valence-electron chi connectivity index (χ4n) is 2.25. The van der Waals surface area contributed by atoms with Crippen molar-refractivity contribution in [2.24, 2.45) is 7.05 Å². The molecule has 0 amide bonds. The van der Waals surface area contributed by atoms with E-state index >= 15 is 0 Å². The third-order valence-electron chi connectivity index (χ3n) is 3.33. The van der Waals surface area contributed by atoms with Gasteiger partial charge < -0.3 is 5.11 Å². The van der Waals surface area contributed by atoms with E-state index in [1.807, 2.05) is 30.9 Å². The molecule has 1 N–H and O–H groups in total. The van der Waals surface area contributed by atoms with E-state index in [-0.39, 0.29) is 0 Å². The third-order valence-corrected chi connectivity index (χ3v) is 4.36. The van der Waals surface area contributed by atoms with E-state index in [4.69, 9.17) is 0 Å². The first-order valence-electron chi connectivity index (χ1n) is 6.33. The van der Waals surface area contributed by atoms with Gasteiger partial charge in [-0.15, -0.1) is 0 Å². The second-order valence-electron chi connectivity index (χ2n) is 4.62. The molecule has 0 saturated carbocycles. The Labute approximate surface area is 121 Å². The lowest BCUT2D eigenvalue weighted by Crippen LogP contribution is -2.09. The van der Waals surface area contributed by atoms with Crippen molar-refractivity contribution in [1.82, 2.24) is 14.8 Å². The SMILES string of the molecule is CCc1cnccc1C(O)Cc1c(Br)c(C)nn1C. The second-order valence-corrected chi connectivity index (χ2v) is 5.41. The van der Waals surface area contributed by atoms with Crippen LogP contribution >= 0.6 is 15.9 Å². The lowest BCUT2D eigenvalue weighted by atomic mass is 9.99. The van der Waals surface area contributed by atoms with Gasteiger partial charge in [0.15, 0.2) is 0 Å².